The summed E-state index contributed by atoms with van der Waals surface area (Å²) in [5, 5.41) is 39.1. The van der Waals surface area contributed by atoms with Gasteiger partial charge in [-0.1, -0.05) is 59.6 Å². The van der Waals surface area contributed by atoms with Crippen molar-refractivity contribution in [3.63, 3.8) is 0 Å². The third-order valence-electron chi connectivity index (χ3n) is 12.4. The zero-order valence-corrected chi connectivity index (χ0v) is 39.9. The minimum absolute atomic E-state index is 0.0192. The maximum Gasteiger partial charge on any atom is 0.248 e. The fourth-order valence-corrected chi connectivity index (χ4v) is 7.94. The van der Waals surface area contributed by atoms with Crippen molar-refractivity contribution in [1.82, 2.24) is 42.1 Å². The van der Waals surface area contributed by atoms with Crippen LogP contribution in [0.4, 0.5) is 0 Å². The highest BCUT2D eigenvalue weighted by Gasteiger charge is 2.42. The molecule has 1 aromatic carbocycles. The Morgan fingerprint density at radius 3 is 2.04 bits per heavy atom. The lowest BCUT2D eigenvalue weighted by atomic mass is 9.96. The molecule has 2 aliphatic rings. The van der Waals surface area contributed by atoms with Crippen LogP contribution in [0, 0.1) is 17.8 Å². The van der Waals surface area contributed by atoms with E-state index in [1.807, 2.05) is 6.92 Å². The smallest absolute Gasteiger partial charge is 0.248 e. The van der Waals surface area contributed by atoms with Gasteiger partial charge in [-0.3, -0.25) is 47.9 Å². The number of fused-ring (bicyclic) bond motifs is 1. The standard InChI is InChI=1S/C46H72N10O12/c1-7-25(4)37(39(48)61)54-45(67)36(24(2)3)53-42(64)31-18-20-35(60)49-21-9-8-11-26(5)40(62)52-32(23-28-13-15-29(58)16-14-28)43(65)55-38(27(6)57)46(68)56-22-10-12-33(56)44(66)51-30(41(63)50-31)17-19-34(47)59/h13-16,24-27,30-33,36-38,57-58H,7-12,17-23H2,1-6H3,(H2,47,59)(H2,48,61)(H,49,60)(H,50,63)(H,51,66)(H,52,62)(H,53,64)(H,54,67)(H,55,65)/t25-,26+,27+,30?,31?,32?,33+,36?,37?,38?/m1/s1. The molecule has 10 amide bonds. The second kappa shape index (κ2) is 26.9. The topological polar surface area (TPSA) is 351 Å². The van der Waals surface area contributed by atoms with Gasteiger partial charge in [-0.25, -0.2) is 0 Å². The fourth-order valence-electron chi connectivity index (χ4n) is 7.94. The van der Waals surface area contributed by atoms with Gasteiger partial charge in [-0.15, -0.1) is 0 Å². The molecule has 10 atom stereocenters. The number of carbonyl (C=O) groups is 10. The maximum absolute atomic E-state index is 14.2. The van der Waals surface area contributed by atoms with E-state index in [9.17, 15) is 58.2 Å². The zero-order chi connectivity index (χ0) is 50.8. The van der Waals surface area contributed by atoms with Crippen molar-refractivity contribution >= 4 is 59.1 Å². The summed E-state index contributed by atoms with van der Waals surface area (Å²) in [7, 11) is 0. The molecule has 0 aliphatic carbocycles. The number of amides is 10. The second-order valence-corrected chi connectivity index (χ2v) is 18.3. The summed E-state index contributed by atoms with van der Waals surface area (Å²) in [5.41, 5.74) is 11.6. The summed E-state index contributed by atoms with van der Waals surface area (Å²) in [5.74, 6) is -9.07. The average Bonchev–Trinajstić information content (AvgIpc) is 3.78. The molecule has 2 fully saturated rings. The van der Waals surface area contributed by atoms with Crippen molar-refractivity contribution in [2.45, 2.75) is 161 Å². The Morgan fingerprint density at radius 1 is 0.794 bits per heavy atom. The number of primary amides is 2. The molecule has 2 saturated heterocycles. The van der Waals surface area contributed by atoms with E-state index in [4.69, 9.17) is 11.5 Å². The largest absolute Gasteiger partial charge is 0.508 e. The van der Waals surface area contributed by atoms with Crippen LogP contribution in [0.1, 0.15) is 111 Å². The summed E-state index contributed by atoms with van der Waals surface area (Å²) >= 11 is 0. The van der Waals surface area contributed by atoms with Crippen LogP contribution in [0.25, 0.3) is 0 Å². The molecule has 2 aliphatic heterocycles. The number of carbonyl (C=O) groups excluding carboxylic acids is 10. The van der Waals surface area contributed by atoms with Crippen molar-refractivity contribution in [2.24, 2.45) is 29.2 Å². The number of nitrogens with two attached hydrogens (primary N) is 2. The molecule has 0 radical (unpaired) electrons. The molecule has 0 saturated carbocycles. The van der Waals surface area contributed by atoms with Gasteiger partial charge < -0.3 is 63.8 Å². The number of aromatic hydroxyl groups is 1. The van der Waals surface area contributed by atoms with Gasteiger partial charge in [0.2, 0.25) is 59.1 Å². The Morgan fingerprint density at radius 2 is 1.44 bits per heavy atom. The minimum Gasteiger partial charge on any atom is -0.508 e. The SMILES string of the molecule is CC[C@@H](C)C(NC(=O)C(NC(=O)C1CCC(=O)NCCCC[C@H](C)C(=O)NC(Cc2ccc(O)cc2)C(=O)NC([C@H](C)O)C(=O)N2CCC[C@H]2C(=O)NC(CCC(N)=O)C(=O)N1)C(C)C)C(N)=O. The van der Waals surface area contributed by atoms with Crippen LogP contribution in [0.3, 0.4) is 0 Å². The fraction of sp³-hybridized carbons (Fsp3) is 0.652. The van der Waals surface area contributed by atoms with E-state index >= 15 is 0 Å². The molecule has 0 aromatic heterocycles. The molecule has 13 N–H and O–H groups in total. The molecule has 22 heteroatoms. The molecule has 2 heterocycles. The van der Waals surface area contributed by atoms with E-state index in [1.165, 1.54) is 19.1 Å². The van der Waals surface area contributed by atoms with Gasteiger partial charge in [-0.05, 0) is 75.0 Å². The summed E-state index contributed by atoms with van der Waals surface area (Å²) in [6.45, 7) is 9.98. The highest BCUT2D eigenvalue weighted by atomic mass is 16.3. The van der Waals surface area contributed by atoms with Gasteiger partial charge in [0, 0.05) is 38.3 Å². The molecule has 0 spiro atoms. The number of phenols is 1. The first kappa shape index (κ1) is 56.0. The Bertz CT molecular complexity index is 1960. The van der Waals surface area contributed by atoms with Crippen LogP contribution < -0.4 is 48.7 Å². The Labute approximate surface area is 397 Å². The monoisotopic (exact) mass is 957 g/mol. The molecule has 68 heavy (non-hydrogen) atoms. The summed E-state index contributed by atoms with van der Waals surface area (Å²) < 4.78 is 0. The van der Waals surface area contributed by atoms with E-state index < -0.39 is 126 Å². The molecular weight excluding hydrogens is 885 g/mol. The number of aliphatic hydroxyl groups excluding tert-OH is 1. The first-order valence-electron chi connectivity index (χ1n) is 23.5. The van der Waals surface area contributed by atoms with Crippen molar-refractivity contribution in [2.75, 3.05) is 13.1 Å². The molecule has 3 rings (SSSR count). The number of hydrogen-bond acceptors (Lipinski definition) is 12. The van der Waals surface area contributed by atoms with Crippen molar-refractivity contribution in [1.29, 1.82) is 0 Å². The Hall–Kier alpha value is -6.32. The number of aliphatic hydroxyl groups is 1. The van der Waals surface area contributed by atoms with Crippen molar-refractivity contribution < 1.29 is 58.2 Å². The van der Waals surface area contributed by atoms with Crippen LogP contribution >= 0.6 is 0 Å². The lowest BCUT2D eigenvalue weighted by Crippen LogP contribution is -2.61. The van der Waals surface area contributed by atoms with E-state index in [2.05, 4.69) is 37.2 Å². The molecule has 1 aromatic rings. The third kappa shape index (κ3) is 17.1. The summed E-state index contributed by atoms with van der Waals surface area (Å²) in [4.78, 5) is 136. The highest BCUT2D eigenvalue weighted by molar-refractivity contribution is 5.98. The molecule has 6 unspecified atom stereocenters. The van der Waals surface area contributed by atoms with Crippen molar-refractivity contribution in [3.8, 4) is 5.75 Å². The first-order valence-corrected chi connectivity index (χ1v) is 23.5. The number of rotatable bonds is 14. The minimum atomic E-state index is -1.59. The number of nitrogens with zero attached hydrogens (tertiary/aromatic N) is 1. The summed E-state index contributed by atoms with van der Waals surface area (Å²) in [6.07, 6.45) is -0.660. The van der Waals surface area contributed by atoms with Crippen LogP contribution in [-0.2, 0) is 54.4 Å². The van der Waals surface area contributed by atoms with Crippen LogP contribution in [0.5, 0.6) is 5.75 Å². The van der Waals surface area contributed by atoms with Gasteiger partial charge in [-0.2, -0.15) is 0 Å². The molecule has 378 valence electrons. The van der Waals surface area contributed by atoms with E-state index in [-0.39, 0.29) is 56.9 Å². The Kier molecular flexibility index (Phi) is 22.1. The van der Waals surface area contributed by atoms with Crippen LogP contribution in [0.2, 0.25) is 0 Å². The van der Waals surface area contributed by atoms with Crippen LogP contribution in [-0.4, -0.2) is 136 Å². The normalized spacial score (nSPS) is 24.9. The Balaban J connectivity index is 2.00. The average molecular weight is 957 g/mol. The summed E-state index contributed by atoms with van der Waals surface area (Å²) in [6, 6.07) is -3.37. The van der Waals surface area contributed by atoms with Gasteiger partial charge >= 0.3 is 0 Å². The van der Waals surface area contributed by atoms with E-state index in [0.717, 1.165) is 4.90 Å². The number of phenolic OH excluding ortho intramolecular Hbond substituents is 1. The number of benzene rings is 1. The maximum atomic E-state index is 14.2. The zero-order valence-electron chi connectivity index (χ0n) is 39.9. The highest BCUT2D eigenvalue weighted by Crippen LogP contribution is 2.21. The lowest BCUT2D eigenvalue weighted by Gasteiger charge is -2.32. The van der Waals surface area contributed by atoms with E-state index in [1.54, 1.807) is 39.8 Å². The van der Waals surface area contributed by atoms with Gasteiger partial charge in [0.1, 0.15) is 48.0 Å². The van der Waals surface area contributed by atoms with E-state index in [0.29, 0.717) is 37.7 Å². The number of hydrogen-bond donors (Lipinski definition) is 11. The number of nitrogens with one attached hydrogen (secondary N) is 7. The predicted octanol–water partition coefficient (Wildman–Crippen LogP) is -1.62. The van der Waals surface area contributed by atoms with Gasteiger partial charge in [0.05, 0.1) is 6.10 Å². The van der Waals surface area contributed by atoms with Gasteiger partial charge in [0.15, 0.2) is 0 Å². The van der Waals surface area contributed by atoms with Crippen molar-refractivity contribution in [3.05, 3.63) is 29.8 Å². The second-order valence-electron chi connectivity index (χ2n) is 18.3. The molecule has 0 bridgehead atoms. The quantitative estimate of drug-likeness (QED) is 0.100. The molecular formula is C46H72N10O12. The van der Waals surface area contributed by atoms with Gasteiger partial charge in [0.25, 0.3) is 0 Å². The first-order chi connectivity index (χ1) is 32.0. The lowest BCUT2D eigenvalue weighted by molar-refractivity contribution is -0.144. The predicted molar refractivity (Wildman–Crippen MR) is 247 cm³/mol. The molecule has 22 nitrogen and oxygen atoms in total. The van der Waals surface area contributed by atoms with Crippen LogP contribution in [0.15, 0.2) is 24.3 Å². The third-order valence-corrected chi connectivity index (χ3v) is 12.4.